The molecule has 1 aromatic carbocycles. The molecule has 3 aromatic rings. The highest BCUT2D eigenvalue weighted by atomic mass is 32.1. The second-order valence-electron chi connectivity index (χ2n) is 5.11. The Morgan fingerprint density at radius 1 is 1.36 bits per heavy atom. The third kappa shape index (κ3) is 1.77. The van der Waals surface area contributed by atoms with Crippen molar-refractivity contribution in [3.8, 4) is 22.8 Å². The summed E-state index contributed by atoms with van der Waals surface area (Å²) >= 11 is 1.61. The third-order valence-electron chi connectivity index (χ3n) is 3.90. The SMILES string of the molecule is CCc1c(C)sc2nc(-c3ccc4c(c3)OCO4)c(C=O)n12. The normalized spacial score (nSPS) is 13.0. The molecule has 0 saturated heterocycles. The fourth-order valence-electron chi connectivity index (χ4n) is 2.87. The van der Waals surface area contributed by atoms with Gasteiger partial charge in [-0.05, 0) is 31.5 Å². The maximum absolute atomic E-state index is 11.7. The average molecular weight is 314 g/mol. The number of rotatable bonds is 3. The molecule has 0 fully saturated rings. The van der Waals surface area contributed by atoms with Gasteiger partial charge in [0.1, 0.15) is 11.4 Å². The fraction of sp³-hybridized carbons (Fsp3) is 0.250. The number of aromatic nitrogens is 2. The van der Waals surface area contributed by atoms with E-state index in [4.69, 9.17) is 9.47 Å². The predicted molar refractivity (Wildman–Crippen MR) is 84.1 cm³/mol. The molecule has 0 spiro atoms. The van der Waals surface area contributed by atoms with Gasteiger partial charge < -0.3 is 9.47 Å². The number of thiazole rings is 1. The highest BCUT2D eigenvalue weighted by Gasteiger charge is 2.21. The number of carbonyl (C=O) groups is 1. The van der Waals surface area contributed by atoms with Crippen LogP contribution < -0.4 is 9.47 Å². The first-order chi connectivity index (χ1) is 10.7. The highest BCUT2D eigenvalue weighted by Crippen LogP contribution is 2.37. The molecule has 4 rings (SSSR count). The lowest BCUT2D eigenvalue weighted by molar-refractivity contribution is 0.111. The maximum atomic E-state index is 11.7. The van der Waals surface area contributed by atoms with E-state index >= 15 is 0 Å². The molecule has 3 heterocycles. The zero-order valence-corrected chi connectivity index (χ0v) is 13.1. The standard InChI is InChI=1S/C16H14N2O3S/c1-3-11-9(2)22-16-17-15(12(7-19)18(11)16)10-4-5-13-14(6-10)21-8-20-13/h4-7H,3,8H2,1-2H3. The van der Waals surface area contributed by atoms with E-state index in [2.05, 4.69) is 18.8 Å². The molecule has 0 unspecified atom stereocenters. The van der Waals surface area contributed by atoms with Crippen LogP contribution in [0.3, 0.4) is 0 Å². The lowest BCUT2D eigenvalue weighted by Gasteiger charge is -2.03. The number of benzene rings is 1. The Hall–Kier alpha value is -2.34. The number of aldehydes is 1. The molecule has 1 aliphatic rings. The van der Waals surface area contributed by atoms with Crippen LogP contribution in [0.5, 0.6) is 11.5 Å². The zero-order chi connectivity index (χ0) is 15.3. The van der Waals surface area contributed by atoms with Crippen molar-refractivity contribution in [1.82, 2.24) is 9.38 Å². The molecule has 0 amide bonds. The Bertz CT molecular complexity index is 895. The van der Waals surface area contributed by atoms with E-state index < -0.39 is 0 Å². The van der Waals surface area contributed by atoms with Crippen LogP contribution in [0.1, 0.15) is 28.0 Å². The van der Waals surface area contributed by atoms with Crippen molar-refractivity contribution in [2.24, 2.45) is 0 Å². The number of hydrogen-bond acceptors (Lipinski definition) is 5. The summed E-state index contributed by atoms with van der Waals surface area (Å²) in [4.78, 5) is 18.4. The molecular formula is C16H14N2O3S. The molecule has 5 nitrogen and oxygen atoms in total. The summed E-state index contributed by atoms with van der Waals surface area (Å²) in [5.74, 6) is 1.42. The van der Waals surface area contributed by atoms with Gasteiger partial charge in [0.05, 0.1) is 0 Å². The quantitative estimate of drug-likeness (QED) is 0.695. The van der Waals surface area contributed by atoms with E-state index in [1.165, 1.54) is 4.88 Å². The summed E-state index contributed by atoms with van der Waals surface area (Å²) < 4.78 is 12.7. The number of nitrogens with zero attached hydrogens (tertiary/aromatic N) is 2. The molecule has 0 saturated carbocycles. The Balaban J connectivity index is 1.95. The van der Waals surface area contributed by atoms with Crippen molar-refractivity contribution in [2.75, 3.05) is 6.79 Å². The van der Waals surface area contributed by atoms with Crippen molar-refractivity contribution >= 4 is 22.6 Å². The summed E-state index contributed by atoms with van der Waals surface area (Å²) in [5.41, 5.74) is 3.29. The smallest absolute Gasteiger partial charge is 0.231 e. The van der Waals surface area contributed by atoms with E-state index in [0.717, 1.165) is 34.7 Å². The van der Waals surface area contributed by atoms with Crippen LogP contribution in [0, 0.1) is 6.92 Å². The van der Waals surface area contributed by atoms with Crippen LogP contribution in [0.25, 0.3) is 16.2 Å². The van der Waals surface area contributed by atoms with Gasteiger partial charge in [0, 0.05) is 16.1 Å². The van der Waals surface area contributed by atoms with E-state index in [1.807, 2.05) is 22.6 Å². The first-order valence-corrected chi connectivity index (χ1v) is 7.90. The highest BCUT2D eigenvalue weighted by molar-refractivity contribution is 7.17. The summed E-state index contributed by atoms with van der Waals surface area (Å²) in [6.07, 6.45) is 1.74. The van der Waals surface area contributed by atoms with Crippen molar-refractivity contribution < 1.29 is 14.3 Å². The average Bonchev–Trinajstić information content (AvgIpc) is 3.18. The molecule has 6 heteroatoms. The molecular weight excluding hydrogens is 300 g/mol. The van der Waals surface area contributed by atoms with Crippen molar-refractivity contribution in [1.29, 1.82) is 0 Å². The summed E-state index contributed by atoms with van der Waals surface area (Å²) in [6.45, 7) is 4.38. The van der Waals surface area contributed by atoms with E-state index in [1.54, 1.807) is 11.3 Å². The Labute approximate surface area is 131 Å². The number of carbonyl (C=O) groups excluding carboxylic acids is 1. The Kier molecular flexibility index (Phi) is 2.94. The third-order valence-corrected chi connectivity index (χ3v) is 4.89. The summed E-state index contributed by atoms with van der Waals surface area (Å²) in [7, 11) is 0. The monoisotopic (exact) mass is 314 g/mol. The number of aryl methyl sites for hydroxylation is 2. The minimum atomic E-state index is 0.233. The zero-order valence-electron chi connectivity index (χ0n) is 12.3. The Morgan fingerprint density at radius 3 is 2.95 bits per heavy atom. The van der Waals surface area contributed by atoms with Crippen LogP contribution in [-0.2, 0) is 6.42 Å². The second-order valence-corrected chi connectivity index (χ2v) is 6.29. The topological polar surface area (TPSA) is 52.8 Å². The maximum Gasteiger partial charge on any atom is 0.231 e. The molecule has 112 valence electrons. The van der Waals surface area contributed by atoms with Crippen molar-refractivity contribution in [2.45, 2.75) is 20.3 Å². The van der Waals surface area contributed by atoms with Crippen LogP contribution in [-0.4, -0.2) is 22.5 Å². The van der Waals surface area contributed by atoms with Gasteiger partial charge in [0.25, 0.3) is 0 Å². The fourth-order valence-corrected chi connectivity index (χ4v) is 3.93. The first kappa shape index (κ1) is 13.3. The van der Waals surface area contributed by atoms with Gasteiger partial charge in [-0.3, -0.25) is 9.20 Å². The molecule has 1 aliphatic heterocycles. The van der Waals surface area contributed by atoms with Gasteiger partial charge in [-0.1, -0.05) is 6.92 Å². The van der Waals surface area contributed by atoms with Crippen LogP contribution in [0.2, 0.25) is 0 Å². The lowest BCUT2D eigenvalue weighted by atomic mass is 10.1. The second kappa shape index (κ2) is 4.84. The summed E-state index contributed by atoms with van der Waals surface area (Å²) in [6, 6.07) is 5.64. The molecule has 2 aromatic heterocycles. The summed E-state index contributed by atoms with van der Waals surface area (Å²) in [5, 5.41) is 0. The molecule has 0 aliphatic carbocycles. The number of fused-ring (bicyclic) bond motifs is 2. The van der Waals surface area contributed by atoms with Crippen molar-refractivity contribution in [3.05, 3.63) is 34.5 Å². The molecule has 22 heavy (non-hydrogen) atoms. The van der Waals surface area contributed by atoms with Gasteiger partial charge in [0.2, 0.25) is 6.79 Å². The number of hydrogen-bond donors (Lipinski definition) is 0. The van der Waals surface area contributed by atoms with E-state index in [9.17, 15) is 4.79 Å². The van der Waals surface area contributed by atoms with Gasteiger partial charge in [-0.2, -0.15) is 0 Å². The minimum Gasteiger partial charge on any atom is -0.454 e. The van der Waals surface area contributed by atoms with Crippen LogP contribution in [0.15, 0.2) is 18.2 Å². The molecule has 0 radical (unpaired) electrons. The van der Waals surface area contributed by atoms with Gasteiger partial charge >= 0.3 is 0 Å². The van der Waals surface area contributed by atoms with Crippen LogP contribution in [0.4, 0.5) is 0 Å². The van der Waals surface area contributed by atoms with Gasteiger partial charge in [-0.25, -0.2) is 4.98 Å². The van der Waals surface area contributed by atoms with Gasteiger partial charge in [-0.15, -0.1) is 11.3 Å². The molecule has 0 N–H and O–H groups in total. The van der Waals surface area contributed by atoms with Crippen LogP contribution >= 0.6 is 11.3 Å². The molecule has 0 bridgehead atoms. The lowest BCUT2D eigenvalue weighted by Crippen LogP contribution is -1.97. The minimum absolute atomic E-state index is 0.233. The first-order valence-electron chi connectivity index (χ1n) is 7.08. The molecule has 0 atom stereocenters. The number of imidazole rings is 1. The van der Waals surface area contributed by atoms with Gasteiger partial charge in [0.15, 0.2) is 22.7 Å². The van der Waals surface area contributed by atoms with E-state index in [-0.39, 0.29) is 6.79 Å². The van der Waals surface area contributed by atoms with Crippen molar-refractivity contribution in [3.63, 3.8) is 0 Å². The largest absolute Gasteiger partial charge is 0.454 e. The van der Waals surface area contributed by atoms with E-state index in [0.29, 0.717) is 17.1 Å². The Morgan fingerprint density at radius 2 is 2.18 bits per heavy atom. The number of ether oxygens (including phenoxy) is 2. The predicted octanol–water partition coefficient (Wildman–Crippen LogP) is 3.47.